The van der Waals surface area contributed by atoms with Crippen molar-refractivity contribution < 1.29 is 22.4 Å². The molecule has 0 aromatic heterocycles. The predicted molar refractivity (Wildman–Crippen MR) is 85.5 cm³/mol. The monoisotopic (exact) mass is 363 g/mol. The number of piperazine rings is 1. The summed E-state index contributed by atoms with van der Waals surface area (Å²) in [6, 6.07) is 6.69. The van der Waals surface area contributed by atoms with Crippen LogP contribution in [-0.4, -0.2) is 37.0 Å². The first-order valence-corrected chi connectivity index (χ1v) is 7.79. The van der Waals surface area contributed by atoms with E-state index >= 15 is 0 Å². The molecule has 1 heterocycles. The number of nitrogens with zero attached hydrogens (tertiary/aromatic N) is 3. The van der Waals surface area contributed by atoms with E-state index in [1.807, 2.05) is 0 Å². The first-order chi connectivity index (χ1) is 12.4. The molecule has 0 unspecified atom stereocenters. The second-order valence-electron chi connectivity index (χ2n) is 5.78. The lowest BCUT2D eigenvalue weighted by Crippen LogP contribution is -2.49. The average molecular weight is 363 g/mol. The maximum atomic E-state index is 14.1. The molecule has 1 aliphatic heterocycles. The number of anilines is 1. The molecule has 0 radical (unpaired) electrons. The fourth-order valence-corrected chi connectivity index (χ4v) is 2.93. The lowest BCUT2D eigenvalue weighted by atomic mass is 10.1. The van der Waals surface area contributed by atoms with Crippen molar-refractivity contribution in [3.05, 3.63) is 64.7 Å². The van der Waals surface area contributed by atoms with Gasteiger partial charge in [0.15, 0.2) is 11.6 Å². The van der Waals surface area contributed by atoms with Gasteiger partial charge in [0, 0.05) is 26.2 Å². The lowest BCUT2D eigenvalue weighted by Gasteiger charge is -2.36. The molecule has 4 nitrogen and oxygen atoms in total. The van der Waals surface area contributed by atoms with Gasteiger partial charge in [-0.05, 0) is 24.3 Å². The van der Waals surface area contributed by atoms with Gasteiger partial charge in [0.2, 0.25) is 0 Å². The van der Waals surface area contributed by atoms with E-state index in [9.17, 15) is 22.4 Å². The third kappa shape index (κ3) is 3.20. The Bertz CT molecular complexity index is 859. The Hall–Kier alpha value is -3.08. The Morgan fingerprint density at radius 1 is 0.923 bits per heavy atom. The molecule has 1 aliphatic rings. The average Bonchev–Trinajstić information content (AvgIpc) is 2.61. The van der Waals surface area contributed by atoms with Crippen molar-refractivity contribution in [2.24, 2.45) is 0 Å². The fraction of sp³-hybridized carbons (Fsp3) is 0.222. The van der Waals surface area contributed by atoms with E-state index in [1.165, 1.54) is 9.80 Å². The summed E-state index contributed by atoms with van der Waals surface area (Å²) < 4.78 is 55.7. The Kier molecular flexibility index (Phi) is 4.80. The molecule has 0 atom stereocenters. The smallest absolute Gasteiger partial charge is 0.259 e. The van der Waals surface area contributed by atoms with Crippen LogP contribution in [0.2, 0.25) is 0 Å². The van der Waals surface area contributed by atoms with Crippen LogP contribution in [0.5, 0.6) is 0 Å². The molecule has 1 fully saturated rings. The first kappa shape index (κ1) is 17.7. The Balaban J connectivity index is 1.76. The van der Waals surface area contributed by atoms with Crippen LogP contribution in [0.4, 0.5) is 23.2 Å². The predicted octanol–water partition coefficient (Wildman–Crippen LogP) is 3.08. The van der Waals surface area contributed by atoms with E-state index in [4.69, 9.17) is 5.26 Å². The van der Waals surface area contributed by atoms with Gasteiger partial charge in [-0.15, -0.1) is 0 Å². The maximum Gasteiger partial charge on any atom is 0.259 e. The summed E-state index contributed by atoms with van der Waals surface area (Å²) in [6.07, 6.45) is 0. The van der Waals surface area contributed by atoms with Gasteiger partial charge < -0.3 is 9.80 Å². The number of hydrogen-bond donors (Lipinski definition) is 0. The summed E-state index contributed by atoms with van der Waals surface area (Å²) in [5.74, 6) is -4.47. The second kappa shape index (κ2) is 7.04. The van der Waals surface area contributed by atoms with Crippen molar-refractivity contribution in [2.45, 2.75) is 0 Å². The van der Waals surface area contributed by atoms with Crippen LogP contribution < -0.4 is 4.90 Å². The number of hydrogen-bond acceptors (Lipinski definition) is 3. The van der Waals surface area contributed by atoms with Crippen LogP contribution in [0.3, 0.4) is 0 Å². The molecule has 134 valence electrons. The molecule has 0 bridgehead atoms. The van der Waals surface area contributed by atoms with Crippen molar-refractivity contribution >= 4 is 11.6 Å². The third-order valence-corrected chi connectivity index (χ3v) is 4.21. The highest BCUT2D eigenvalue weighted by Crippen LogP contribution is 2.26. The van der Waals surface area contributed by atoms with E-state index in [0.717, 1.165) is 30.3 Å². The highest BCUT2D eigenvalue weighted by Gasteiger charge is 2.28. The zero-order valence-corrected chi connectivity index (χ0v) is 13.5. The maximum absolute atomic E-state index is 14.1. The molecule has 0 saturated carbocycles. The molecule has 2 aromatic rings. The molecule has 0 N–H and O–H groups in total. The quantitative estimate of drug-likeness (QED) is 0.771. The normalized spacial score (nSPS) is 14.3. The standard InChI is InChI=1S/C18H13F4N3O/c19-12-2-1-3-13(20)16(12)18(26)25-6-4-24(5-7-25)17-14(21)8-11(10-23)9-15(17)22/h1-3,8-9H,4-7H2. The van der Waals surface area contributed by atoms with Crippen LogP contribution in [-0.2, 0) is 0 Å². The number of carbonyl (C=O) groups excluding carboxylic acids is 1. The minimum absolute atomic E-state index is 0.0471. The summed E-state index contributed by atoms with van der Waals surface area (Å²) in [6.45, 7) is 0.264. The minimum Gasteiger partial charge on any atom is -0.363 e. The summed E-state index contributed by atoms with van der Waals surface area (Å²) in [5.41, 5.74) is -1.06. The van der Waals surface area contributed by atoms with E-state index in [2.05, 4.69) is 0 Å². The van der Waals surface area contributed by atoms with E-state index in [-0.39, 0.29) is 37.4 Å². The molecule has 0 spiro atoms. The van der Waals surface area contributed by atoms with E-state index in [0.29, 0.717) is 0 Å². The number of amides is 1. The van der Waals surface area contributed by atoms with Gasteiger partial charge in [-0.3, -0.25) is 4.79 Å². The van der Waals surface area contributed by atoms with Crippen molar-refractivity contribution in [3.63, 3.8) is 0 Å². The summed E-state index contributed by atoms with van der Waals surface area (Å²) in [7, 11) is 0. The molecule has 0 aliphatic carbocycles. The molecule has 2 aromatic carbocycles. The molecular formula is C18H13F4N3O. The van der Waals surface area contributed by atoms with Crippen LogP contribution in [0.15, 0.2) is 30.3 Å². The van der Waals surface area contributed by atoms with Gasteiger partial charge in [-0.25, -0.2) is 17.6 Å². The number of benzene rings is 2. The van der Waals surface area contributed by atoms with Gasteiger partial charge in [0.1, 0.15) is 22.9 Å². The van der Waals surface area contributed by atoms with E-state index in [1.54, 1.807) is 6.07 Å². The van der Waals surface area contributed by atoms with Gasteiger partial charge in [-0.1, -0.05) is 6.07 Å². The second-order valence-corrected chi connectivity index (χ2v) is 5.78. The molecule has 1 saturated heterocycles. The number of rotatable bonds is 2. The fourth-order valence-electron chi connectivity index (χ4n) is 2.93. The van der Waals surface area contributed by atoms with Crippen molar-refractivity contribution in [1.29, 1.82) is 5.26 Å². The SMILES string of the molecule is N#Cc1cc(F)c(N2CCN(C(=O)c3c(F)cccc3F)CC2)c(F)c1. The molecular weight excluding hydrogens is 350 g/mol. The molecule has 8 heteroatoms. The summed E-state index contributed by atoms with van der Waals surface area (Å²) in [4.78, 5) is 15.0. The summed E-state index contributed by atoms with van der Waals surface area (Å²) >= 11 is 0. The van der Waals surface area contributed by atoms with Crippen LogP contribution in [0, 0.1) is 34.6 Å². The van der Waals surface area contributed by atoms with Crippen molar-refractivity contribution in [1.82, 2.24) is 4.90 Å². The molecule has 3 rings (SSSR count). The number of halogens is 4. The molecule has 1 amide bonds. The van der Waals surface area contributed by atoms with Gasteiger partial charge in [0.25, 0.3) is 5.91 Å². The van der Waals surface area contributed by atoms with E-state index < -0.39 is 34.7 Å². The first-order valence-electron chi connectivity index (χ1n) is 7.79. The molecule has 26 heavy (non-hydrogen) atoms. The Morgan fingerprint density at radius 2 is 1.46 bits per heavy atom. The summed E-state index contributed by atoms with van der Waals surface area (Å²) in [5, 5.41) is 8.73. The van der Waals surface area contributed by atoms with Gasteiger partial charge in [-0.2, -0.15) is 5.26 Å². The van der Waals surface area contributed by atoms with Gasteiger partial charge >= 0.3 is 0 Å². The zero-order chi connectivity index (χ0) is 18.8. The van der Waals surface area contributed by atoms with Gasteiger partial charge in [0.05, 0.1) is 11.6 Å². The lowest BCUT2D eigenvalue weighted by molar-refractivity contribution is 0.0736. The Labute approximate surface area is 146 Å². The number of carbonyl (C=O) groups is 1. The van der Waals surface area contributed by atoms with Crippen LogP contribution in [0.1, 0.15) is 15.9 Å². The van der Waals surface area contributed by atoms with Crippen molar-refractivity contribution in [2.75, 3.05) is 31.1 Å². The number of nitriles is 1. The largest absolute Gasteiger partial charge is 0.363 e. The highest BCUT2D eigenvalue weighted by atomic mass is 19.1. The van der Waals surface area contributed by atoms with Crippen LogP contribution >= 0.6 is 0 Å². The Morgan fingerprint density at radius 3 is 1.96 bits per heavy atom. The highest BCUT2D eigenvalue weighted by molar-refractivity contribution is 5.95. The zero-order valence-electron chi connectivity index (χ0n) is 13.5. The van der Waals surface area contributed by atoms with Crippen molar-refractivity contribution in [3.8, 4) is 6.07 Å². The third-order valence-electron chi connectivity index (χ3n) is 4.21. The topological polar surface area (TPSA) is 47.3 Å². The minimum atomic E-state index is -0.957. The van der Waals surface area contributed by atoms with Crippen LogP contribution in [0.25, 0.3) is 0 Å².